The first-order valence-corrected chi connectivity index (χ1v) is 8.76. The fourth-order valence-electron chi connectivity index (χ4n) is 3.04. The van der Waals surface area contributed by atoms with Crippen LogP contribution in [-0.4, -0.2) is 29.9 Å². The number of hydrogen-bond donors (Lipinski definition) is 2. The van der Waals surface area contributed by atoms with Crippen molar-refractivity contribution in [1.82, 2.24) is 10.3 Å². The lowest BCUT2D eigenvalue weighted by Crippen LogP contribution is -2.42. The molecule has 0 spiro atoms. The van der Waals surface area contributed by atoms with Crippen LogP contribution in [0.1, 0.15) is 31.9 Å². The minimum atomic E-state index is -0.308. The van der Waals surface area contributed by atoms with Gasteiger partial charge in [0.05, 0.1) is 20.3 Å². The zero-order valence-corrected chi connectivity index (χ0v) is 16.1. The van der Waals surface area contributed by atoms with E-state index in [9.17, 15) is 0 Å². The second-order valence-corrected chi connectivity index (χ2v) is 7.08. The van der Waals surface area contributed by atoms with E-state index in [0.29, 0.717) is 16.7 Å². The highest BCUT2D eigenvalue weighted by Crippen LogP contribution is 2.41. The Morgan fingerprint density at radius 1 is 1.27 bits per heavy atom. The van der Waals surface area contributed by atoms with Crippen LogP contribution in [0.25, 0.3) is 0 Å². The number of nitrogens with one attached hydrogen (secondary N) is 2. The largest absolute Gasteiger partial charge is 0.497 e. The quantitative estimate of drug-likeness (QED) is 0.793. The lowest BCUT2D eigenvalue weighted by molar-refractivity contribution is 0.0695. The second kappa shape index (κ2) is 7.37. The van der Waals surface area contributed by atoms with Gasteiger partial charge >= 0.3 is 0 Å². The third kappa shape index (κ3) is 3.99. The van der Waals surface area contributed by atoms with Crippen LogP contribution in [-0.2, 0) is 0 Å². The molecule has 2 heterocycles. The molecule has 1 aliphatic heterocycles. The molecule has 3 rings (SSSR count). The van der Waals surface area contributed by atoms with Crippen molar-refractivity contribution in [1.29, 1.82) is 0 Å². The van der Waals surface area contributed by atoms with Gasteiger partial charge in [-0.1, -0.05) is 0 Å². The van der Waals surface area contributed by atoms with Crippen LogP contribution < -0.4 is 24.8 Å². The minimum Gasteiger partial charge on any atom is -0.497 e. The van der Waals surface area contributed by atoms with E-state index >= 15 is 0 Å². The summed E-state index contributed by atoms with van der Waals surface area (Å²) in [4.78, 5) is 4.27. The molecule has 26 heavy (non-hydrogen) atoms. The first kappa shape index (κ1) is 18.3. The van der Waals surface area contributed by atoms with Gasteiger partial charge in [0.2, 0.25) is 0 Å². The van der Waals surface area contributed by atoms with Crippen molar-refractivity contribution in [2.45, 2.75) is 31.9 Å². The van der Waals surface area contributed by atoms with E-state index < -0.39 is 0 Å². The first-order chi connectivity index (χ1) is 12.4. The fourth-order valence-corrected chi connectivity index (χ4v) is 3.28. The number of nitrogens with zero attached hydrogens (tertiary/aromatic N) is 1. The lowest BCUT2D eigenvalue weighted by Gasteiger charge is -2.38. The summed E-state index contributed by atoms with van der Waals surface area (Å²) in [7, 11) is 3.25. The van der Waals surface area contributed by atoms with Gasteiger partial charge in [0, 0.05) is 18.2 Å². The van der Waals surface area contributed by atoms with Gasteiger partial charge < -0.3 is 24.8 Å². The molecule has 6 nitrogen and oxygen atoms in total. The number of anilines is 1. The summed E-state index contributed by atoms with van der Waals surface area (Å²) >= 11 is 5.50. The van der Waals surface area contributed by atoms with Gasteiger partial charge in [-0.15, -0.1) is 0 Å². The van der Waals surface area contributed by atoms with Gasteiger partial charge in [0.15, 0.2) is 16.7 Å². The van der Waals surface area contributed by atoms with Crippen molar-refractivity contribution in [2.75, 3.05) is 19.5 Å². The van der Waals surface area contributed by atoms with Gasteiger partial charge in [0.1, 0.15) is 17.1 Å². The van der Waals surface area contributed by atoms with E-state index in [1.165, 1.54) is 0 Å². The van der Waals surface area contributed by atoms with E-state index in [2.05, 4.69) is 29.5 Å². The van der Waals surface area contributed by atoms with Crippen LogP contribution in [0.15, 0.2) is 36.5 Å². The summed E-state index contributed by atoms with van der Waals surface area (Å²) < 4.78 is 16.8. The normalized spacial score (nSPS) is 17.5. The SMILES string of the molecule is COc1ccc2c(c1)C(NC(=S)Nc1ncccc1OC)CC(C)(C)O2. The molecule has 0 aliphatic carbocycles. The smallest absolute Gasteiger partial charge is 0.174 e. The number of benzene rings is 1. The zero-order chi connectivity index (χ0) is 18.7. The van der Waals surface area contributed by atoms with Crippen molar-refractivity contribution in [3.8, 4) is 17.2 Å². The molecule has 0 bridgehead atoms. The zero-order valence-electron chi connectivity index (χ0n) is 15.3. The predicted octanol–water partition coefficient (Wildman–Crippen LogP) is 3.69. The number of fused-ring (bicyclic) bond motifs is 1. The minimum absolute atomic E-state index is 0.0152. The molecular weight excluding hydrogens is 350 g/mol. The molecule has 7 heteroatoms. The number of aromatic nitrogens is 1. The number of thiocarbonyl (C=S) groups is 1. The Morgan fingerprint density at radius 2 is 2.08 bits per heavy atom. The Kier molecular flexibility index (Phi) is 5.18. The van der Waals surface area contributed by atoms with Crippen LogP contribution >= 0.6 is 12.2 Å². The number of rotatable bonds is 4. The molecule has 0 saturated carbocycles. The molecule has 2 aromatic rings. The molecule has 1 unspecified atom stereocenters. The van der Waals surface area contributed by atoms with E-state index in [1.807, 2.05) is 30.3 Å². The Labute approximate surface area is 158 Å². The third-order valence-electron chi connectivity index (χ3n) is 4.20. The van der Waals surface area contributed by atoms with Gasteiger partial charge in [0.25, 0.3) is 0 Å². The summed E-state index contributed by atoms with van der Waals surface area (Å²) in [6, 6.07) is 9.43. The molecule has 1 aromatic heterocycles. The van der Waals surface area contributed by atoms with Crippen molar-refractivity contribution >= 4 is 23.1 Å². The third-order valence-corrected chi connectivity index (χ3v) is 4.42. The standard InChI is InChI=1S/C19H23N3O3S/c1-19(2)11-14(13-10-12(23-3)7-8-15(13)25-19)21-18(26)22-17-16(24-4)6-5-9-20-17/h5-10,14H,11H2,1-4H3,(H2,20,21,22,26). The number of methoxy groups -OCH3 is 2. The summed E-state index contributed by atoms with van der Waals surface area (Å²) in [5.41, 5.74) is 0.707. The van der Waals surface area contributed by atoms with Crippen LogP contribution in [0.2, 0.25) is 0 Å². The first-order valence-electron chi connectivity index (χ1n) is 8.35. The summed E-state index contributed by atoms with van der Waals surface area (Å²) in [5, 5.41) is 6.95. The Balaban J connectivity index is 1.81. The van der Waals surface area contributed by atoms with Crippen LogP contribution in [0, 0.1) is 0 Å². The van der Waals surface area contributed by atoms with Gasteiger partial charge in [-0.3, -0.25) is 0 Å². The molecule has 1 atom stereocenters. The number of ether oxygens (including phenoxy) is 3. The van der Waals surface area contributed by atoms with Crippen LogP contribution in [0.3, 0.4) is 0 Å². The average molecular weight is 373 g/mol. The summed E-state index contributed by atoms with van der Waals surface area (Å²) in [5.74, 6) is 2.82. The molecule has 2 N–H and O–H groups in total. The fraction of sp³-hybridized carbons (Fsp3) is 0.368. The van der Waals surface area contributed by atoms with Crippen molar-refractivity contribution < 1.29 is 14.2 Å². The van der Waals surface area contributed by atoms with E-state index in [0.717, 1.165) is 23.5 Å². The Bertz CT molecular complexity index is 810. The molecule has 1 aliphatic rings. The van der Waals surface area contributed by atoms with Crippen molar-refractivity contribution in [2.24, 2.45) is 0 Å². The van der Waals surface area contributed by atoms with E-state index in [-0.39, 0.29) is 11.6 Å². The van der Waals surface area contributed by atoms with Crippen molar-refractivity contribution in [3.63, 3.8) is 0 Å². The van der Waals surface area contributed by atoms with E-state index in [4.69, 9.17) is 26.4 Å². The molecule has 0 amide bonds. The maximum atomic E-state index is 6.09. The number of hydrogen-bond acceptors (Lipinski definition) is 5. The van der Waals surface area contributed by atoms with Gasteiger partial charge in [-0.05, 0) is 56.4 Å². The molecule has 138 valence electrons. The summed E-state index contributed by atoms with van der Waals surface area (Å²) in [6.45, 7) is 4.13. The predicted molar refractivity (Wildman–Crippen MR) is 105 cm³/mol. The highest BCUT2D eigenvalue weighted by atomic mass is 32.1. The topological polar surface area (TPSA) is 64.6 Å². The maximum absolute atomic E-state index is 6.09. The second-order valence-electron chi connectivity index (χ2n) is 6.67. The molecule has 0 saturated heterocycles. The Morgan fingerprint density at radius 3 is 2.81 bits per heavy atom. The Hall–Kier alpha value is -2.54. The molecular formula is C19H23N3O3S. The molecule has 0 fully saturated rings. The van der Waals surface area contributed by atoms with E-state index in [1.54, 1.807) is 20.4 Å². The monoisotopic (exact) mass is 373 g/mol. The van der Waals surface area contributed by atoms with Crippen molar-refractivity contribution in [3.05, 3.63) is 42.1 Å². The highest BCUT2D eigenvalue weighted by molar-refractivity contribution is 7.80. The lowest BCUT2D eigenvalue weighted by atomic mass is 9.89. The summed E-state index contributed by atoms with van der Waals surface area (Å²) in [6.07, 6.45) is 2.44. The van der Waals surface area contributed by atoms with Crippen LogP contribution in [0.4, 0.5) is 5.82 Å². The van der Waals surface area contributed by atoms with Crippen LogP contribution in [0.5, 0.6) is 17.2 Å². The molecule has 0 radical (unpaired) electrons. The number of pyridine rings is 1. The molecule has 1 aromatic carbocycles. The highest BCUT2D eigenvalue weighted by Gasteiger charge is 2.34. The average Bonchev–Trinajstić information content (AvgIpc) is 2.61. The maximum Gasteiger partial charge on any atom is 0.174 e. The van der Waals surface area contributed by atoms with Gasteiger partial charge in [-0.25, -0.2) is 4.98 Å². The van der Waals surface area contributed by atoms with Gasteiger partial charge in [-0.2, -0.15) is 0 Å².